The summed E-state index contributed by atoms with van der Waals surface area (Å²) in [6.45, 7) is 1.92. The van der Waals surface area contributed by atoms with Gasteiger partial charge in [0.2, 0.25) is 0 Å². The van der Waals surface area contributed by atoms with E-state index in [-0.39, 0.29) is 0 Å². The molecule has 0 spiro atoms. The quantitative estimate of drug-likeness (QED) is 0.625. The van der Waals surface area contributed by atoms with E-state index in [1.807, 2.05) is 37.3 Å². The number of rotatable bonds is 1. The Morgan fingerprint density at radius 3 is 2.60 bits per heavy atom. The largest absolute Gasteiger partial charge is 0.507 e. The van der Waals surface area contributed by atoms with E-state index in [0.717, 1.165) is 5.56 Å². The van der Waals surface area contributed by atoms with Crippen LogP contribution in [0, 0.1) is 0 Å². The van der Waals surface area contributed by atoms with Crippen molar-refractivity contribution in [3.63, 3.8) is 0 Å². The maximum Gasteiger partial charge on any atom is 0.122 e. The van der Waals surface area contributed by atoms with Crippen molar-refractivity contribution in [1.82, 2.24) is 0 Å². The second-order valence-corrected chi connectivity index (χ2v) is 2.06. The highest BCUT2D eigenvalue weighted by atomic mass is 16.3. The summed E-state index contributed by atoms with van der Waals surface area (Å²) < 4.78 is 0. The van der Waals surface area contributed by atoms with Crippen LogP contribution in [0.3, 0.4) is 0 Å². The van der Waals surface area contributed by atoms with Gasteiger partial charge in [-0.3, -0.25) is 0 Å². The van der Waals surface area contributed by atoms with Crippen LogP contribution in [0.4, 0.5) is 0 Å². The van der Waals surface area contributed by atoms with Crippen LogP contribution in [0.5, 0.6) is 5.75 Å². The standard InChI is InChI=1S/C9H10O/c1-2-5-8-6-3-4-7-9(8)10/h2-7,10H,1H3/b5-2-. The highest BCUT2D eigenvalue weighted by Gasteiger charge is 1.90. The van der Waals surface area contributed by atoms with E-state index in [1.165, 1.54) is 0 Å². The maximum atomic E-state index is 9.19. The highest BCUT2D eigenvalue weighted by molar-refractivity contribution is 5.55. The van der Waals surface area contributed by atoms with Gasteiger partial charge in [-0.1, -0.05) is 30.4 Å². The normalized spacial score (nSPS) is 10.5. The first-order chi connectivity index (χ1) is 4.84. The Kier molecular flexibility index (Phi) is 2.11. The molecule has 0 aliphatic heterocycles. The Hall–Kier alpha value is -1.24. The zero-order valence-corrected chi connectivity index (χ0v) is 5.91. The number of para-hydroxylation sites is 1. The fraction of sp³-hybridized carbons (Fsp3) is 0.111. The van der Waals surface area contributed by atoms with Crippen molar-refractivity contribution >= 4 is 6.08 Å². The van der Waals surface area contributed by atoms with Gasteiger partial charge in [0.15, 0.2) is 0 Å². The Labute approximate surface area is 60.6 Å². The first-order valence-electron chi connectivity index (χ1n) is 3.25. The lowest BCUT2D eigenvalue weighted by Gasteiger charge is -1.94. The third kappa shape index (κ3) is 1.38. The van der Waals surface area contributed by atoms with Gasteiger partial charge in [0, 0.05) is 5.56 Å². The number of aromatic hydroxyl groups is 1. The van der Waals surface area contributed by atoms with Gasteiger partial charge in [-0.2, -0.15) is 0 Å². The highest BCUT2D eigenvalue weighted by Crippen LogP contribution is 2.16. The lowest BCUT2D eigenvalue weighted by molar-refractivity contribution is 0.474. The third-order valence-corrected chi connectivity index (χ3v) is 1.28. The molecule has 0 saturated carbocycles. The van der Waals surface area contributed by atoms with E-state index < -0.39 is 0 Å². The predicted molar refractivity (Wildman–Crippen MR) is 42.8 cm³/mol. The molecule has 0 aromatic heterocycles. The third-order valence-electron chi connectivity index (χ3n) is 1.28. The number of phenols is 1. The van der Waals surface area contributed by atoms with Crippen molar-refractivity contribution in [3.8, 4) is 5.75 Å². The average molecular weight is 134 g/mol. The van der Waals surface area contributed by atoms with Gasteiger partial charge >= 0.3 is 0 Å². The zero-order chi connectivity index (χ0) is 7.40. The summed E-state index contributed by atoms with van der Waals surface area (Å²) in [4.78, 5) is 0. The van der Waals surface area contributed by atoms with Crippen LogP contribution in [-0.2, 0) is 0 Å². The fourth-order valence-corrected chi connectivity index (χ4v) is 0.808. The van der Waals surface area contributed by atoms with Crippen molar-refractivity contribution in [3.05, 3.63) is 35.9 Å². The Balaban J connectivity index is 3.03. The molecule has 0 bridgehead atoms. The summed E-state index contributed by atoms with van der Waals surface area (Å²) in [6.07, 6.45) is 3.77. The minimum Gasteiger partial charge on any atom is -0.507 e. The van der Waals surface area contributed by atoms with E-state index in [0.29, 0.717) is 5.75 Å². The van der Waals surface area contributed by atoms with Crippen LogP contribution < -0.4 is 0 Å². The molecule has 10 heavy (non-hydrogen) atoms. The molecular formula is C9H10O. The molecule has 1 heteroatoms. The minimum atomic E-state index is 0.334. The monoisotopic (exact) mass is 134 g/mol. The van der Waals surface area contributed by atoms with Crippen molar-refractivity contribution in [1.29, 1.82) is 0 Å². The smallest absolute Gasteiger partial charge is 0.122 e. The average Bonchev–Trinajstić information content (AvgIpc) is 1.94. The Morgan fingerprint density at radius 2 is 2.00 bits per heavy atom. The predicted octanol–water partition coefficient (Wildman–Crippen LogP) is 2.43. The topological polar surface area (TPSA) is 20.2 Å². The molecule has 1 aromatic rings. The maximum absolute atomic E-state index is 9.19. The summed E-state index contributed by atoms with van der Waals surface area (Å²) in [5, 5.41) is 9.19. The molecular weight excluding hydrogens is 124 g/mol. The van der Waals surface area contributed by atoms with E-state index in [9.17, 15) is 5.11 Å². The van der Waals surface area contributed by atoms with E-state index >= 15 is 0 Å². The van der Waals surface area contributed by atoms with Crippen LogP contribution >= 0.6 is 0 Å². The molecule has 1 nitrogen and oxygen atoms in total. The molecule has 0 aliphatic rings. The van der Waals surface area contributed by atoms with E-state index in [2.05, 4.69) is 0 Å². The summed E-state index contributed by atoms with van der Waals surface area (Å²) in [6, 6.07) is 7.25. The molecule has 0 heterocycles. The van der Waals surface area contributed by atoms with Crippen LogP contribution in [-0.4, -0.2) is 5.11 Å². The number of hydrogen-bond donors (Lipinski definition) is 1. The van der Waals surface area contributed by atoms with Crippen LogP contribution in [0.1, 0.15) is 12.5 Å². The second-order valence-electron chi connectivity index (χ2n) is 2.06. The summed E-state index contributed by atoms with van der Waals surface area (Å²) in [5.41, 5.74) is 0.866. The second kappa shape index (κ2) is 3.06. The first kappa shape index (κ1) is 6.87. The summed E-state index contributed by atoms with van der Waals surface area (Å²) in [7, 11) is 0. The number of phenolic OH excluding ortho intramolecular Hbond substituents is 1. The summed E-state index contributed by atoms with van der Waals surface area (Å²) >= 11 is 0. The van der Waals surface area contributed by atoms with Gasteiger partial charge < -0.3 is 5.11 Å². The van der Waals surface area contributed by atoms with Crippen LogP contribution in [0.25, 0.3) is 6.08 Å². The summed E-state index contributed by atoms with van der Waals surface area (Å²) in [5.74, 6) is 0.334. The molecule has 0 radical (unpaired) electrons. The SMILES string of the molecule is C/C=C\c1ccccc1O. The van der Waals surface area contributed by atoms with Crippen LogP contribution in [0.2, 0.25) is 0 Å². The molecule has 1 aromatic carbocycles. The van der Waals surface area contributed by atoms with Crippen molar-refractivity contribution in [2.24, 2.45) is 0 Å². The van der Waals surface area contributed by atoms with Gasteiger partial charge in [-0.05, 0) is 13.0 Å². The first-order valence-corrected chi connectivity index (χ1v) is 3.25. The van der Waals surface area contributed by atoms with Gasteiger partial charge in [0.25, 0.3) is 0 Å². The van der Waals surface area contributed by atoms with Gasteiger partial charge in [-0.25, -0.2) is 0 Å². The van der Waals surface area contributed by atoms with Gasteiger partial charge in [0.1, 0.15) is 5.75 Å². The molecule has 0 saturated heterocycles. The molecule has 0 fully saturated rings. The molecule has 0 atom stereocenters. The molecule has 52 valence electrons. The van der Waals surface area contributed by atoms with Crippen molar-refractivity contribution in [2.75, 3.05) is 0 Å². The molecule has 0 unspecified atom stereocenters. The van der Waals surface area contributed by atoms with E-state index in [1.54, 1.807) is 6.07 Å². The minimum absolute atomic E-state index is 0.334. The van der Waals surface area contributed by atoms with E-state index in [4.69, 9.17) is 0 Å². The van der Waals surface area contributed by atoms with Gasteiger partial charge in [-0.15, -0.1) is 0 Å². The van der Waals surface area contributed by atoms with Crippen molar-refractivity contribution in [2.45, 2.75) is 6.92 Å². The Bertz CT molecular complexity index is 238. The lowest BCUT2D eigenvalue weighted by Crippen LogP contribution is -1.70. The zero-order valence-electron chi connectivity index (χ0n) is 5.91. The molecule has 0 amide bonds. The van der Waals surface area contributed by atoms with Gasteiger partial charge in [0.05, 0.1) is 0 Å². The lowest BCUT2D eigenvalue weighted by atomic mass is 10.2. The molecule has 1 rings (SSSR count). The number of benzene rings is 1. The van der Waals surface area contributed by atoms with Crippen LogP contribution in [0.15, 0.2) is 30.3 Å². The van der Waals surface area contributed by atoms with Crippen molar-refractivity contribution < 1.29 is 5.11 Å². The molecule has 0 aliphatic carbocycles. The molecule has 1 N–H and O–H groups in total. The fourth-order valence-electron chi connectivity index (χ4n) is 0.808. The Morgan fingerprint density at radius 1 is 1.30 bits per heavy atom. The number of allylic oxidation sites excluding steroid dienone is 1. The number of hydrogen-bond acceptors (Lipinski definition) is 1.